The lowest BCUT2D eigenvalue weighted by molar-refractivity contribution is -0.152. The molecule has 37 heavy (non-hydrogen) atoms. The van der Waals surface area contributed by atoms with Gasteiger partial charge in [0, 0.05) is 24.8 Å². The number of hydrogen-bond acceptors (Lipinski definition) is 5. The summed E-state index contributed by atoms with van der Waals surface area (Å²) in [5.41, 5.74) is 0.985. The summed E-state index contributed by atoms with van der Waals surface area (Å²) in [5.74, 6) is -2.86. The van der Waals surface area contributed by atoms with Gasteiger partial charge in [-0.25, -0.2) is 4.79 Å². The molecule has 1 fully saturated rings. The van der Waals surface area contributed by atoms with E-state index in [4.69, 9.17) is 11.6 Å². The second kappa shape index (κ2) is 11.4. The normalized spacial score (nSPS) is 19.3. The second-order valence-corrected chi connectivity index (χ2v) is 9.45. The Hall–Kier alpha value is -3.31. The van der Waals surface area contributed by atoms with Crippen molar-refractivity contribution < 1.29 is 37.8 Å². The minimum absolute atomic E-state index is 0.0126. The van der Waals surface area contributed by atoms with E-state index >= 15 is 0 Å². The third kappa shape index (κ3) is 6.53. The fourth-order valence-electron chi connectivity index (χ4n) is 4.33. The van der Waals surface area contributed by atoms with Crippen LogP contribution < -0.4 is 10.6 Å². The number of hydrogen-bond donors (Lipinski definition) is 4. The van der Waals surface area contributed by atoms with Gasteiger partial charge in [-0.3, -0.25) is 9.59 Å². The van der Waals surface area contributed by atoms with Crippen LogP contribution in [0.5, 0.6) is 0 Å². The van der Waals surface area contributed by atoms with Gasteiger partial charge in [0.25, 0.3) is 11.8 Å². The number of amides is 2. The summed E-state index contributed by atoms with van der Waals surface area (Å²) >= 11 is 6.06. The Morgan fingerprint density at radius 1 is 1.16 bits per heavy atom. The molecule has 200 valence electrons. The molecule has 1 saturated heterocycles. The van der Waals surface area contributed by atoms with Gasteiger partial charge >= 0.3 is 12.1 Å². The monoisotopic (exact) mass is 541 g/mol. The van der Waals surface area contributed by atoms with Gasteiger partial charge in [0.2, 0.25) is 0 Å². The molecule has 0 bridgehead atoms. The van der Waals surface area contributed by atoms with Gasteiger partial charge in [-0.1, -0.05) is 18.2 Å². The first-order valence-electron chi connectivity index (χ1n) is 11.4. The highest BCUT2D eigenvalue weighted by atomic mass is 35.5. The molecule has 1 heterocycles. The van der Waals surface area contributed by atoms with Crippen molar-refractivity contribution in [3.8, 4) is 0 Å². The predicted molar refractivity (Wildman–Crippen MR) is 131 cm³/mol. The maximum atomic E-state index is 13.2. The molecule has 2 amide bonds. The van der Waals surface area contributed by atoms with Gasteiger partial charge < -0.3 is 25.7 Å². The predicted octanol–water partition coefficient (Wildman–Crippen LogP) is 3.05. The molecule has 0 unspecified atom stereocenters. The molecule has 1 aliphatic heterocycles. The molecule has 0 radical (unpaired) electrons. The highest BCUT2D eigenvalue weighted by molar-refractivity contribution is 6.21. The molecule has 8 nitrogen and oxygen atoms in total. The number of aliphatic hydroxyl groups is 1. The number of benzene rings is 2. The summed E-state index contributed by atoms with van der Waals surface area (Å²) in [6.45, 7) is 1.59. The molecule has 4 atom stereocenters. The topological polar surface area (TPSA) is 119 Å². The van der Waals surface area contributed by atoms with E-state index < -0.39 is 53.1 Å². The number of carboxylic acids is 1. The van der Waals surface area contributed by atoms with Gasteiger partial charge in [-0.05, 0) is 55.2 Å². The van der Waals surface area contributed by atoms with Crippen LogP contribution in [0.4, 0.5) is 18.9 Å². The molecule has 12 heteroatoms. The van der Waals surface area contributed by atoms with Crippen LogP contribution in [0.2, 0.25) is 0 Å². The van der Waals surface area contributed by atoms with Crippen molar-refractivity contribution >= 4 is 35.1 Å². The van der Waals surface area contributed by atoms with Crippen LogP contribution in [-0.2, 0) is 22.2 Å². The maximum Gasteiger partial charge on any atom is 0.416 e. The number of carboxylic acid groups (broad SMARTS) is 1. The van der Waals surface area contributed by atoms with Gasteiger partial charge in [-0.15, -0.1) is 11.6 Å². The Labute approximate surface area is 216 Å². The van der Waals surface area contributed by atoms with Crippen LogP contribution >= 0.6 is 11.6 Å². The lowest BCUT2D eigenvalue weighted by atomic mass is 9.97. The molecule has 2 aromatic carbocycles. The lowest BCUT2D eigenvalue weighted by Crippen LogP contribution is -2.54. The molecule has 0 spiro atoms. The zero-order valence-electron chi connectivity index (χ0n) is 20.1. The summed E-state index contributed by atoms with van der Waals surface area (Å²) < 4.78 is 38.9. The Morgan fingerprint density at radius 3 is 2.38 bits per heavy atom. The molecule has 4 N–H and O–H groups in total. The van der Waals surface area contributed by atoms with E-state index in [9.17, 15) is 37.8 Å². The maximum absolute atomic E-state index is 13.2. The van der Waals surface area contributed by atoms with E-state index in [1.807, 2.05) is 0 Å². The molecule has 2 aromatic rings. The molecule has 0 aliphatic carbocycles. The van der Waals surface area contributed by atoms with Crippen LogP contribution in [0, 0.1) is 6.92 Å². The van der Waals surface area contributed by atoms with Crippen molar-refractivity contribution in [3.05, 3.63) is 64.7 Å². The van der Waals surface area contributed by atoms with Gasteiger partial charge in [0.05, 0.1) is 17.0 Å². The van der Waals surface area contributed by atoms with E-state index in [0.717, 1.165) is 17.0 Å². The number of carbonyl (C=O) groups excluding carboxylic acids is 2. The number of aliphatic hydroxyl groups excluding tert-OH is 1. The molecule has 0 saturated carbocycles. The number of nitrogens with one attached hydrogen (secondary N) is 2. The Morgan fingerprint density at radius 2 is 1.81 bits per heavy atom. The van der Waals surface area contributed by atoms with E-state index in [1.165, 1.54) is 12.1 Å². The van der Waals surface area contributed by atoms with E-state index in [0.29, 0.717) is 16.8 Å². The minimum atomic E-state index is -4.54. The molecule has 1 aliphatic rings. The second-order valence-electron chi connectivity index (χ2n) is 8.83. The fourth-order valence-corrected chi connectivity index (χ4v) is 4.65. The van der Waals surface area contributed by atoms with E-state index in [-0.39, 0.29) is 24.9 Å². The van der Waals surface area contributed by atoms with E-state index in [2.05, 4.69) is 10.6 Å². The average molecular weight is 542 g/mol. The van der Waals surface area contributed by atoms with Crippen molar-refractivity contribution in [2.24, 2.45) is 0 Å². The number of carbonyl (C=O) groups is 3. The van der Waals surface area contributed by atoms with Gasteiger partial charge in [-0.2, -0.15) is 13.2 Å². The van der Waals surface area contributed by atoms with Crippen molar-refractivity contribution in [2.75, 3.05) is 18.9 Å². The quantitative estimate of drug-likeness (QED) is 0.382. The Bertz CT molecular complexity index is 1160. The van der Waals surface area contributed by atoms with Crippen LogP contribution in [0.3, 0.4) is 0 Å². The summed E-state index contributed by atoms with van der Waals surface area (Å²) in [6.07, 6.45) is -6.64. The first kappa shape index (κ1) is 28.3. The third-order valence-electron chi connectivity index (χ3n) is 6.35. The molecular formula is C25H27ClF3N3O5. The fraction of sp³-hybridized carbons (Fsp3) is 0.400. The zero-order valence-corrected chi connectivity index (χ0v) is 20.8. The van der Waals surface area contributed by atoms with Gasteiger partial charge in [0.1, 0.15) is 6.04 Å². The van der Waals surface area contributed by atoms with Crippen LogP contribution in [0.15, 0.2) is 42.5 Å². The first-order valence-corrected chi connectivity index (χ1v) is 11.9. The SMILES string of the molecule is CNc1cccc(C(=O)N[C@@H](Cc2ccc(C(F)(F)F)cc2)[C@H](O)C(=O)N2C[C@@H](Cl)C[C@H]2C(=O)O)c1C. The summed E-state index contributed by atoms with van der Waals surface area (Å²) in [4.78, 5) is 38.9. The number of nitrogens with zero attached hydrogens (tertiary/aromatic N) is 1. The van der Waals surface area contributed by atoms with Crippen molar-refractivity contribution in [2.45, 2.75) is 49.5 Å². The summed E-state index contributed by atoms with van der Waals surface area (Å²) in [6, 6.07) is 6.53. The Balaban J connectivity index is 1.91. The van der Waals surface area contributed by atoms with Crippen molar-refractivity contribution in [3.63, 3.8) is 0 Å². The Kier molecular flexibility index (Phi) is 8.70. The number of alkyl halides is 4. The zero-order chi connectivity index (χ0) is 27.5. The van der Waals surface area contributed by atoms with Crippen LogP contribution in [0.25, 0.3) is 0 Å². The standard InChI is InChI=1S/C25H27ClF3N3O5/c1-13-17(4-3-5-18(13)30-2)22(34)31-19(10-14-6-8-15(9-7-14)25(27,28)29)21(33)23(35)32-12-16(26)11-20(32)24(36)37/h3-9,16,19-21,30,33H,10-12H2,1-2H3,(H,31,34)(H,36,37)/t16-,19-,20-,21-/m0/s1. The number of anilines is 1. The van der Waals surface area contributed by atoms with E-state index in [1.54, 1.807) is 32.2 Å². The first-order chi connectivity index (χ1) is 17.3. The van der Waals surface area contributed by atoms with Crippen molar-refractivity contribution in [1.82, 2.24) is 10.2 Å². The number of aliphatic carboxylic acids is 1. The average Bonchev–Trinajstić information content (AvgIpc) is 3.24. The molecular weight excluding hydrogens is 515 g/mol. The number of halogens is 4. The van der Waals surface area contributed by atoms with Gasteiger partial charge in [0.15, 0.2) is 6.10 Å². The largest absolute Gasteiger partial charge is 0.480 e. The number of likely N-dealkylation sites (tertiary alicyclic amines) is 1. The smallest absolute Gasteiger partial charge is 0.416 e. The number of rotatable bonds is 8. The lowest BCUT2D eigenvalue weighted by Gasteiger charge is -2.29. The van der Waals surface area contributed by atoms with Crippen LogP contribution in [-0.4, -0.2) is 70.1 Å². The highest BCUT2D eigenvalue weighted by Gasteiger charge is 2.43. The third-order valence-corrected chi connectivity index (χ3v) is 6.67. The summed E-state index contributed by atoms with van der Waals surface area (Å²) in [7, 11) is 1.68. The van der Waals surface area contributed by atoms with Crippen LogP contribution in [0.1, 0.15) is 33.5 Å². The highest BCUT2D eigenvalue weighted by Crippen LogP contribution is 2.30. The van der Waals surface area contributed by atoms with Crippen molar-refractivity contribution in [1.29, 1.82) is 0 Å². The molecule has 3 rings (SSSR count). The molecule has 0 aromatic heterocycles. The summed E-state index contributed by atoms with van der Waals surface area (Å²) in [5, 5.41) is 25.4. The minimum Gasteiger partial charge on any atom is -0.480 e.